The van der Waals surface area contributed by atoms with Crippen LogP contribution in [0.5, 0.6) is 0 Å². The average molecular weight is 368 g/mol. The number of hydrogen-bond acceptors (Lipinski definition) is 7. The molecule has 0 aliphatic rings. The summed E-state index contributed by atoms with van der Waals surface area (Å²) in [6.45, 7) is 1.73. The molecule has 3 aromatic rings. The van der Waals surface area contributed by atoms with Crippen molar-refractivity contribution < 1.29 is 24.1 Å². The van der Waals surface area contributed by atoms with Crippen LogP contribution in [0.25, 0.3) is 11.0 Å². The minimum atomic E-state index is -1.87. The van der Waals surface area contributed by atoms with Crippen LogP contribution in [0.4, 0.5) is 5.82 Å². The first-order chi connectivity index (χ1) is 12.9. The van der Waals surface area contributed by atoms with E-state index in [1.165, 1.54) is 18.7 Å². The molecule has 2 aromatic heterocycles. The van der Waals surface area contributed by atoms with E-state index in [4.69, 9.17) is 4.42 Å². The van der Waals surface area contributed by atoms with Gasteiger partial charge in [0.25, 0.3) is 0 Å². The normalized spacial score (nSPS) is 11.8. The van der Waals surface area contributed by atoms with Crippen molar-refractivity contribution in [3.05, 3.63) is 54.2 Å². The summed E-state index contributed by atoms with van der Waals surface area (Å²) < 4.78 is 5.40. The number of nitrogens with zero attached hydrogens (tertiary/aromatic N) is 2. The van der Waals surface area contributed by atoms with Crippen LogP contribution in [0, 0.1) is 6.92 Å². The van der Waals surface area contributed by atoms with Crippen molar-refractivity contribution in [2.24, 2.45) is 0 Å². The van der Waals surface area contributed by atoms with Crippen molar-refractivity contribution >= 4 is 35.7 Å². The molecule has 0 saturated heterocycles. The highest BCUT2D eigenvalue weighted by Gasteiger charge is 2.29. The molecule has 1 aromatic carbocycles. The fourth-order valence-corrected chi connectivity index (χ4v) is 2.52. The molecule has 9 nitrogen and oxygen atoms in total. The quantitative estimate of drug-likeness (QED) is 0.373. The lowest BCUT2D eigenvalue weighted by molar-refractivity contribution is -0.136. The average Bonchev–Trinajstić information content (AvgIpc) is 3.06. The maximum absolute atomic E-state index is 12.1. The zero-order valence-corrected chi connectivity index (χ0v) is 14.4. The molecule has 0 bridgehead atoms. The van der Waals surface area contributed by atoms with Crippen molar-refractivity contribution in [2.75, 3.05) is 5.32 Å². The first-order valence-corrected chi connectivity index (χ1v) is 8.16. The molecule has 2 heterocycles. The number of amides is 2. The van der Waals surface area contributed by atoms with Crippen LogP contribution in [0.1, 0.15) is 11.3 Å². The third-order valence-electron chi connectivity index (χ3n) is 3.91. The first kappa shape index (κ1) is 18.6. The number of aromatic nitrogens is 2. The van der Waals surface area contributed by atoms with Gasteiger partial charge in [-0.25, -0.2) is 4.98 Å². The number of rotatable bonds is 5. The highest BCUT2D eigenvalue weighted by atomic mass is 16.4. The van der Waals surface area contributed by atoms with Gasteiger partial charge in [-0.2, -0.15) is 0 Å². The molecule has 0 aliphatic heterocycles. The number of anilines is 1. The third-order valence-corrected chi connectivity index (χ3v) is 3.91. The molecule has 1 unspecified atom stereocenters. The predicted octanol–water partition coefficient (Wildman–Crippen LogP) is 0.209. The summed E-state index contributed by atoms with van der Waals surface area (Å²) in [5.74, 6) is -3.00. The Labute approximate surface area is 154 Å². The highest BCUT2D eigenvalue weighted by molar-refractivity contribution is 6.46. The Balaban J connectivity index is 1.67. The topological polar surface area (TPSA) is 138 Å². The van der Waals surface area contributed by atoms with Gasteiger partial charge in [-0.15, -0.1) is 0 Å². The molecule has 0 fully saturated rings. The van der Waals surface area contributed by atoms with E-state index in [1.807, 2.05) is 18.2 Å². The summed E-state index contributed by atoms with van der Waals surface area (Å²) >= 11 is 0. The van der Waals surface area contributed by atoms with Gasteiger partial charge in [0.05, 0.1) is 30.3 Å². The fraction of sp³-hybridized carbons (Fsp3) is 0.176. The second kappa shape index (κ2) is 7.98. The van der Waals surface area contributed by atoms with Gasteiger partial charge in [0.2, 0.25) is 0 Å². The van der Waals surface area contributed by atoms with Crippen molar-refractivity contribution in [1.29, 1.82) is 0 Å². The number of nitrogens with one attached hydrogen (secondary N) is 2. The Kier molecular flexibility index (Phi) is 5.48. The van der Waals surface area contributed by atoms with Gasteiger partial charge in [-0.3, -0.25) is 14.6 Å². The van der Waals surface area contributed by atoms with Gasteiger partial charge in [0, 0.05) is 5.39 Å². The van der Waals surface area contributed by atoms with Gasteiger partial charge >= 0.3 is 18.9 Å². The number of fused-ring (bicyclic) bond motifs is 1. The van der Waals surface area contributed by atoms with E-state index in [1.54, 1.807) is 13.0 Å². The van der Waals surface area contributed by atoms with Crippen molar-refractivity contribution in [1.82, 2.24) is 15.3 Å². The number of furan rings is 1. The Bertz CT molecular complexity index is 957. The molecular weight excluding hydrogens is 351 g/mol. The van der Waals surface area contributed by atoms with Gasteiger partial charge in [-0.05, 0) is 25.0 Å². The van der Waals surface area contributed by atoms with E-state index in [-0.39, 0.29) is 12.2 Å². The lowest BCUT2D eigenvalue weighted by atomic mass is 9.76. The molecule has 0 radical (unpaired) electrons. The van der Waals surface area contributed by atoms with E-state index in [9.17, 15) is 19.6 Å². The summed E-state index contributed by atoms with van der Waals surface area (Å²) in [5.41, 5.74) is 1.97. The molecular formula is C17H17BN4O5. The number of carbonyl (C=O) groups is 2. The molecule has 1 atom stereocenters. The summed E-state index contributed by atoms with van der Waals surface area (Å²) in [4.78, 5) is 32.0. The van der Waals surface area contributed by atoms with Gasteiger partial charge in [-0.1, -0.05) is 18.2 Å². The summed E-state index contributed by atoms with van der Waals surface area (Å²) in [6, 6.07) is 7.23. The zero-order valence-electron chi connectivity index (χ0n) is 14.4. The van der Waals surface area contributed by atoms with Gasteiger partial charge < -0.3 is 25.1 Å². The minimum Gasteiger partial charge on any atom is -0.464 e. The maximum Gasteiger partial charge on any atom is 0.475 e. The molecule has 4 N–H and O–H groups in total. The Morgan fingerprint density at radius 1 is 1.19 bits per heavy atom. The van der Waals surface area contributed by atoms with E-state index in [0.29, 0.717) is 16.8 Å². The smallest absolute Gasteiger partial charge is 0.464 e. The number of hydrogen-bond donors (Lipinski definition) is 4. The lowest BCUT2D eigenvalue weighted by Crippen LogP contribution is -2.51. The lowest BCUT2D eigenvalue weighted by Gasteiger charge is -2.17. The third kappa shape index (κ3) is 4.49. The molecule has 0 aliphatic carbocycles. The van der Waals surface area contributed by atoms with Crippen LogP contribution in [0.3, 0.4) is 0 Å². The first-order valence-electron chi connectivity index (χ1n) is 8.16. The van der Waals surface area contributed by atoms with Crippen molar-refractivity contribution in [2.45, 2.75) is 19.3 Å². The molecule has 2 amide bonds. The summed E-state index contributed by atoms with van der Waals surface area (Å²) in [5, 5.41) is 24.6. The second-order valence-corrected chi connectivity index (χ2v) is 5.95. The largest absolute Gasteiger partial charge is 0.475 e. The van der Waals surface area contributed by atoms with E-state index < -0.39 is 24.9 Å². The minimum absolute atomic E-state index is 0.0675. The van der Waals surface area contributed by atoms with Crippen LogP contribution < -0.4 is 10.6 Å². The van der Waals surface area contributed by atoms with Crippen LogP contribution in [0.2, 0.25) is 0 Å². The van der Waals surface area contributed by atoms with Crippen LogP contribution >= 0.6 is 0 Å². The van der Waals surface area contributed by atoms with Gasteiger partial charge in [0.1, 0.15) is 5.58 Å². The Hall–Kier alpha value is -3.24. The fourth-order valence-electron chi connectivity index (χ4n) is 2.52. The maximum atomic E-state index is 12.1. The monoisotopic (exact) mass is 368 g/mol. The molecule has 27 heavy (non-hydrogen) atoms. The molecule has 138 valence electrons. The second-order valence-electron chi connectivity index (χ2n) is 5.95. The van der Waals surface area contributed by atoms with E-state index in [2.05, 4.69) is 20.6 Å². The molecule has 10 heteroatoms. The van der Waals surface area contributed by atoms with Gasteiger partial charge in [0.15, 0.2) is 5.82 Å². The number of benzene rings is 1. The highest BCUT2D eigenvalue weighted by Crippen LogP contribution is 2.22. The van der Waals surface area contributed by atoms with Crippen LogP contribution in [-0.2, 0) is 16.0 Å². The number of carbonyl (C=O) groups excluding carboxylic acids is 2. The van der Waals surface area contributed by atoms with Crippen LogP contribution in [0.15, 0.2) is 47.3 Å². The predicted molar refractivity (Wildman–Crippen MR) is 97.4 cm³/mol. The Morgan fingerprint density at radius 3 is 2.67 bits per heavy atom. The van der Waals surface area contributed by atoms with Crippen molar-refractivity contribution in [3.63, 3.8) is 0 Å². The van der Waals surface area contributed by atoms with Crippen LogP contribution in [-0.4, -0.2) is 44.9 Å². The Morgan fingerprint density at radius 2 is 1.96 bits per heavy atom. The van der Waals surface area contributed by atoms with E-state index >= 15 is 0 Å². The summed E-state index contributed by atoms with van der Waals surface area (Å²) in [6.07, 6.45) is 4.31. The number of aryl methyl sites for hydroxylation is 1. The standard InChI is InChI=1S/C17H17BN4O5/c1-10-7-20-15(8-19-10)22-17(24)16(23)21-14(18(25)26)6-11-9-27-13-5-3-2-4-12(11)13/h2-5,7-9,14,25-26H,6H2,1H3,(H,21,23)(H,20,22,24). The molecule has 0 saturated carbocycles. The van der Waals surface area contributed by atoms with E-state index in [0.717, 1.165) is 5.39 Å². The van der Waals surface area contributed by atoms with Crippen molar-refractivity contribution in [3.8, 4) is 0 Å². The summed E-state index contributed by atoms with van der Waals surface area (Å²) in [7, 11) is -1.87. The molecule has 3 rings (SSSR count). The number of para-hydroxylation sites is 1. The SMILES string of the molecule is Cc1cnc(NC(=O)C(=O)NC(Cc2coc3ccccc23)B(O)O)cn1. The zero-order chi connectivity index (χ0) is 19.4. The molecule has 0 spiro atoms.